The average molecular weight is 222 g/mol. The number of fused-ring (bicyclic) bond motifs is 1. The highest BCUT2D eigenvalue weighted by Crippen LogP contribution is 2.18. The summed E-state index contributed by atoms with van der Waals surface area (Å²) < 4.78 is 0. The Labute approximate surface area is 100 Å². The van der Waals surface area contributed by atoms with E-state index in [9.17, 15) is 0 Å². The first-order valence-corrected chi connectivity index (χ1v) is 5.80. The van der Waals surface area contributed by atoms with Gasteiger partial charge >= 0.3 is 0 Å². The predicted molar refractivity (Wildman–Crippen MR) is 70.1 cm³/mol. The van der Waals surface area contributed by atoms with E-state index in [2.05, 4.69) is 53.5 Å². The molecule has 0 aliphatic carbocycles. The maximum atomic E-state index is 4.31. The van der Waals surface area contributed by atoms with Crippen molar-refractivity contribution < 1.29 is 0 Å². The molecular weight excluding hydrogens is 208 g/mol. The van der Waals surface area contributed by atoms with Gasteiger partial charge in [-0.15, -0.1) is 0 Å². The number of nitrogens with one attached hydrogen (secondary N) is 1. The van der Waals surface area contributed by atoms with Crippen molar-refractivity contribution in [3.05, 3.63) is 65.4 Å². The first-order valence-electron chi connectivity index (χ1n) is 5.80. The second kappa shape index (κ2) is 4.06. The molecule has 0 unspecified atom stereocenters. The molecule has 2 heteroatoms. The monoisotopic (exact) mass is 222 g/mol. The van der Waals surface area contributed by atoms with Gasteiger partial charge in [0, 0.05) is 17.5 Å². The Hall–Kier alpha value is -2.09. The number of aryl methyl sites for hydroxylation is 1. The molecule has 0 amide bonds. The Morgan fingerprint density at radius 3 is 2.59 bits per heavy atom. The van der Waals surface area contributed by atoms with E-state index in [1.165, 1.54) is 22.2 Å². The first-order chi connectivity index (χ1) is 8.33. The van der Waals surface area contributed by atoms with Crippen LogP contribution in [0.25, 0.3) is 10.9 Å². The van der Waals surface area contributed by atoms with Crippen LogP contribution in [0, 0.1) is 6.92 Å². The number of benzene rings is 2. The van der Waals surface area contributed by atoms with E-state index in [4.69, 9.17) is 0 Å². The van der Waals surface area contributed by atoms with Gasteiger partial charge in [-0.05, 0) is 18.6 Å². The van der Waals surface area contributed by atoms with Crippen LogP contribution in [0.5, 0.6) is 0 Å². The maximum absolute atomic E-state index is 4.31. The Morgan fingerprint density at radius 1 is 1.00 bits per heavy atom. The lowest BCUT2D eigenvalue weighted by Crippen LogP contribution is -1.89. The molecule has 0 aliphatic heterocycles. The third-order valence-corrected chi connectivity index (χ3v) is 3.04. The van der Waals surface area contributed by atoms with E-state index in [0.717, 1.165) is 11.9 Å². The zero-order valence-corrected chi connectivity index (χ0v) is 9.77. The maximum Gasteiger partial charge on any atom is 0.0923 e. The zero-order chi connectivity index (χ0) is 11.7. The van der Waals surface area contributed by atoms with Crippen molar-refractivity contribution in [2.45, 2.75) is 13.3 Å². The van der Waals surface area contributed by atoms with Crippen molar-refractivity contribution >= 4 is 10.9 Å². The third kappa shape index (κ3) is 1.94. The van der Waals surface area contributed by atoms with Crippen LogP contribution in [0.4, 0.5) is 0 Å². The summed E-state index contributed by atoms with van der Waals surface area (Å²) >= 11 is 0. The van der Waals surface area contributed by atoms with Crippen LogP contribution in [0.15, 0.2) is 48.5 Å². The molecule has 0 spiro atoms. The first kappa shape index (κ1) is 10.1. The minimum atomic E-state index is 0.904. The summed E-state index contributed by atoms with van der Waals surface area (Å²) in [6.45, 7) is 2.11. The molecule has 2 nitrogen and oxygen atoms in total. The summed E-state index contributed by atoms with van der Waals surface area (Å²) in [5.74, 6) is 0. The van der Waals surface area contributed by atoms with Gasteiger partial charge in [0.25, 0.3) is 0 Å². The minimum absolute atomic E-state index is 0.904. The number of hydrogen-bond donors (Lipinski definition) is 1. The summed E-state index contributed by atoms with van der Waals surface area (Å²) in [6, 6.07) is 16.8. The van der Waals surface area contributed by atoms with Gasteiger partial charge < -0.3 is 0 Å². The summed E-state index contributed by atoms with van der Waals surface area (Å²) in [6.07, 6.45) is 0.904. The van der Waals surface area contributed by atoms with Crippen LogP contribution in [-0.2, 0) is 6.42 Å². The number of rotatable bonds is 2. The Morgan fingerprint density at radius 2 is 1.76 bits per heavy atom. The molecule has 0 bridgehead atoms. The van der Waals surface area contributed by atoms with E-state index in [0.29, 0.717) is 0 Å². The van der Waals surface area contributed by atoms with Gasteiger partial charge in [0.2, 0.25) is 0 Å². The molecule has 84 valence electrons. The van der Waals surface area contributed by atoms with E-state index >= 15 is 0 Å². The van der Waals surface area contributed by atoms with Gasteiger partial charge in [0.15, 0.2) is 0 Å². The van der Waals surface area contributed by atoms with Crippen molar-refractivity contribution in [2.24, 2.45) is 0 Å². The molecular formula is C15H14N2. The number of aromatic nitrogens is 2. The van der Waals surface area contributed by atoms with Gasteiger partial charge in [-0.25, -0.2) is 0 Å². The molecule has 0 atom stereocenters. The largest absolute Gasteiger partial charge is 0.281 e. The fraction of sp³-hybridized carbons (Fsp3) is 0.133. The van der Waals surface area contributed by atoms with Gasteiger partial charge in [-0.3, -0.25) is 5.10 Å². The molecule has 1 N–H and O–H groups in total. The molecule has 0 saturated heterocycles. The van der Waals surface area contributed by atoms with Gasteiger partial charge in [0.1, 0.15) is 0 Å². The van der Waals surface area contributed by atoms with Crippen molar-refractivity contribution in [1.29, 1.82) is 0 Å². The van der Waals surface area contributed by atoms with Gasteiger partial charge in [-0.2, -0.15) is 5.10 Å². The lowest BCUT2D eigenvalue weighted by Gasteiger charge is -2.00. The second-order valence-electron chi connectivity index (χ2n) is 4.38. The highest BCUT2D eigenvalue weighted by molar-refractivity contribution is 5.81. The predicted octanol–water partition coefficient (Wildman–Crippen LogP) is 3.46. The van der Waals surface area contributed by atoms with Crippen molar-refractivity contribution in [3.63, 3.8) is 0 Å². The highest BCUT2D eigenvalue weighted by atomic mass is 15.1. The quantitative estimate of drug-likeness (QED) is 0.706. The smallest absolute Gasteiger partial charge is 0.0923 e. The number of nitrogens with zero attached hydrogens (tertiary/aromatic N) is 1. The number of aromatic amines is 1. The van der Waals surface area contributed by atoms with Gasteiger partial charge in [-0.1, -0.05) is 48.0 Å². The molecule has 0 saturated carbocycles. The summed E-state index contributed by atoms with van der Waals surface area (Å²) in [5, 5.41) is 8.65. The Bertz CT molecular complexity index is 635. The second-order valence-corrected chi connectivity index (χ2v) is 4.38. The summed E-state index contributed by atoms with van der Waals surface area (Å²) in [5.41, 5.74) is 4.83. The van der Waals surface area contributed by atoms with Crippen LogP contribution < -0.4 is 0 Å². The average Bonchev–Trinajstić information content (AvgIpc) is 2.76. The number of H-pyrrole nitrogens is 1. The lowest BCUT2D eigenvalue weighted by atomic mass is 10.1. The highest BCUT2D eigenvalue weighted by Gasteiger charge is 2.04. The Balaban J connectivity index is 1.97. The molecule has 3 rings (SSSR count). The minimum Gasteiger partial charge on any atom is -0.281 e. The summed E-state index contributed by atoms with van der Waals surface area (Å²) in [7, 11) is 0. The van der Waals surface area contributed by atoms with Crippen molar-refractivity contribution in [3.8, 4) is 0 Å². The fourth-order valence-corrected chi connectivity index (χ4v) is 2.06. The molecule has 0 radical (unpaired) electrons. The fourth-order valence-electron chi connectivity index (χ4n) is 2.06. The zero-order valence-electron chi connectivity index (χ0n) is 9.77. The van der Waals surface area contributed by atoms with Crippen molar-refractivity contribution in [2.75, 3.05) is 0 Å². The molecule has 3 aromatic rings. The molecule has 1 heterocycles. The van der Waals surface area contributed by atoms with Crippen LogP contribution in [-0.4, -0.2) is 10.2 Å². The molecule has 0 fully saturated rings. The van der Waals surface area contributed by atoms with E-state index in [1.807, 2.05) is 12.1 Å². The standard InChI is InChI=1S/C15H14N2/c1-11-6-8-12(9-7-11)10-15-13-4-2-3-5-14(13)16-17-15/h2-9H,10H2,1H3,(H,16,17). The van der Waals surface area contributed by atoms with Crippen LogP contribution in [0.2, 0.25) is 0 Å². The molecule has 1 aromatic heterocycles. The number of hydrogen-bond acceptors (Lipinski definition) is 1. The Kier molecular flexibility index (Phi) is 2.41. The van der Waals surface area contributed by atoms with Crippen LogP contribution in [0.1, 0.15) is 16.8 Å². The molecule has 0 aliphatic rings. The van der Waals surface area contributed by atoms with Crippen molar-refractivity contribution in [1.82, 2.24) is 10.2 Å². The van der Waals surface area contributed by atoms with E-state index < -0.39 is 0 Å². The third-order valence-electron chi connectivity index (χ3n) is 3.04. The molecule has 17 heavy (non-hydrogen) atoms. The van der Waals surface area contributed by atoms with E-state index in [1.54, 1.807) is 0 Å². The van der Waals surface area contributed by atoms with Gasteiger partial charge in [0.05, 0.1) is 5.52 Å². The summed E-state index contributed by atoms with van der Waals surface area (Å²) in [4.78, 5) is 0. The lowest BCUT2D eigenvalue weighted by molar-refractivity contribution is 1.01. The van der Waals surface area contributed by atoms with Crippen LogP contribution in [0.3, 0.4) is 0 Å². The van der Waals surface area contributed by atoms with E-state index in [-0.39, 0.29) is 0 Å². The normalized spacial score (nSPS) is 10.9. The topological polar surface area (TPSA) is 28.7 Å². The van der Waals surface area contributed by atoms with Crippen LogP contribution >= 0.6 is 0 Å². The molecule has 2 aromatic carbocycles. The number of para-hydroxylation sites is 1. The SMILES string of the molecule is Cc1ccc(Cc2[nH]nc3ccccc23)cc1.